The van der Waals surface area contributed by atoms with Gasteiger partial charge < -0.3 is 36.0 Å². The van der Waals surface area contributed by atoms with Crippen LogP contribution >= 0.6 is 0 Å². The lowest BCUT2D eigenvalue weighted by atomic mass is 10.1. The predicted octanol–water partition coefficient (Wildman–Crippen LogP) is 2.68. The van der Waals surface area contributed by atoms with E-state index in [4.69, 9.17) is 30.3 Å². The van der Waals surface area contributed by atoms with Gasteiger partial charge in [0.05, 0.1) is 43.7 Å². The summed E-state index contributed by atoms with van der Waals surface area (Å²) in [7, 11) is 0. The normalized spacial score (nSPS) is 18.5. The second-order valence-corrected chi connectivity index (χ2v) is 9.36. The number of nitrogens with zero attached hydrogens (tertiary/aromatic N) is 4. The third-order valence-electron chi connectivity index (χ3n) is 6.28. The Bertz CT molecular complexity index is 1240. The number of amides is 4. The number of aliphatic carboxylic acids is 1. The number of carboxylic acid groups (broad SMARTS) is 1. The van der Waals surface area contributed by atoms with E-state index in [2.05, 4.69) is 22.5 Å². The van der Waals surface area contributed by atoms with Crippen LogP contribution in [0.2, 0.25) is 0 Å². The average Bonchev–Trinajstić information content (AvgIpc) is 3.57. The number of rotatable bonds is 4. The highest BCUT2D eigenvalue weighted by Crippen LogP contribution is 2.33. The molecule has 2 aliphatic heterocycles. The van der Waals surface area contributed by atoms with E-state index in [-0.39, 0.29) is 12.1 Å². The number of halogens is 3. The number of benzene rings is 1. The molecule has 2 fully saturated rings. The summed E-state index contributed by atoms with van der Waals surface area (Å²) in [5, 5.41) is 12.9. The molecule has 3 heterocycles. The topological polar surface area (TPSA) is 163 Å². The summed E-state index contributed by atoms with van der Waals surface area (Å²) in [5.74, 6) is -2.13. The van der Waals surface area contributed by atoms with Crippen molar-refractivity contribution in [3.8, 4) is 11.3 Å². The van der Waals surface area contributed by atoms with Crippen LogP contribution in [0.4, 0.5) is 34.4 Å². The fourth-order valence-corrected chi connectivity index (χ4v) is 4.08. The van der Waals surface area contributed by atoms with E-state index >= 15 is 0 Å². The third kappa shape index (κ3) is 7.04. The monoisotopic (exact) mass is 551 g/mol. The third-order valence-corrected chi connectivity index (χ3v) is 6.28. The SMILES string of the molecule is CC1COCCN1c1nc2c(c(-c3ccc(NC(=O)NC4CC4)cc3)n1)CN(C(N)=O)C2.O=C(O)C(F)(F)F. The molecule has 39 heavy (non-hydrogen) atoms. The molecule has 4 amide bonds. The number of primary amides is 1. The van der Waals surface area contributed by atoms with Crippen LogP contribution in [0.5, 0.6) is 0 Å². The summed E-state index contributed by atoms with van der Waals surface area (Å²) >= 11 is 0. The summed E-state index contributed by atoms with van der Waals surface area (Å²) in [4.78, 5) is 46.1. The van der Waals surface area contributed by atoms with E-state index < -0.39 is 18.2 Å². The first kappa shape index (κ1) is 27.9. The van der Waals surface area contributed by atoms with Crippen molar-refractivity contribution in [1.82, 2.24) is 20.2 Å². The largest absolute Gasteiger partial charge is 0.490 e. The van der Waals surface area contributed by atoms with Gasteiger partial charge in [-0.05, 0) is 31.9 Å². The molecule has 5 rings (SSSR count). The van der Waals surface area contributed by atoms with Gasteiger partial charge in [-0.25, -0.2) is 24.4 Å². The minimum atomic E-state index is -5.08. The van der Waals surface area contributed by atoms with Gasteiger partial charge in [-0.2, -0.15) is 13.2 Å². The van der Waals surface area contributed by atoms with Crippen LogP contribution in [0.3, 0.4) is 0 Å². The highest BCUT2D eigenvalue weighted by molar-refractivity contribution is 5.90. The number of hydrogen-bond donors (Lipinski definition) is 4. The average molecular weight is 552 g/mol. The van der Waals surface area contributed by atoms with Crippen molar-refractivity contribution in [2.45, 2.75) is 51.1 Å². The summed E-state index contributed by atoms with van der Waals surface area (Å²) in [6, 6.07) is 7.35. The highest BCUT2D eigenvalue weighted by atomic mass is 19.4. The molecule has 12 nitrogen and oxygen atoms in total. The number of fused-ring (bicyclic) bond motifs is 1. The zero-order chi connectivity index (χ0) is 28.3. The Balaban J connectivity index is 0.000000448. The van der Waals surface area contributed by atoms with Crippen LogP contribution in [-0.4, -0.2) is 76.0 Å². The van der Waals surface area contributed by atoms with E-state index in [0.29, 0.717) is 50.5 Å². The molecule has 1 aromatic heterocycles. The molecule has 1 saturated heterocycles. The Labute approximate surface area is 221 Å². The van der Waals surface area contributed by atoms with Gasteiger partial charge in [0.15, 0.2) is 0 Å². The standard InChI is InChI=1S/C22H27N7O3.C2HF3O2/c1-13-12-32-9-8-29(13)21-26-18-11-28(20(23)30)10-17(18)19(27-21)14-2-4-15(5-3-14)24-22(31)25-16-6-7-16;3-2(4,5)1(6)7/h2-5,13,16H,6-12H2,1H3,(H2,23,30)(H2,24,25,31);(H,6,7). The van der Waals surface area contributed by atoms with Gasteiger partial charge in [0.1, 0.15) is 0 Å². The second kappa shape index (κ2) is 11.3. The van der Waals surface area contributed by atoms with Crippen molar-refractivity contribution < 1.29 is 37.4 Å². The zero-order valence-corrected chi connectivity index (χ0v) is 21.0. The van der Waals surface area contributed by atoms with Gasteiger partial charge in [0, 0.05) is 29.4 Å². The zero-order valence-electron chi connectivity index (χ0n) is 21.0. The predicted molar refractivity (Wildman–Crippen MR) is 133 cm³/mol. The van der Waals surface area contributed by atoms with Crippen molar-refractivity contribution in [3.63, 3.8) is 0 Å². The van der Waals surface area contributed by atoms with Crippen molar-refractivity contribution in [3.05, 3.63) is 35.5 Å². The molecule has 3 aliphatic rings. The van der Waals surface area contributed by atoms with Gasteiger partial charge in [0.25, 0.3) is 0 Å². The second-order valence-electron chi connectivity index (χ2n) is 9.36. The van der Waals surface area contributed by atoms with E-state index in [0.717, 1.165) is 35.4 Å². The summed E-state index contributed by atoms with van der Waals surface area (Å²) in [6.45, 7) is 4.77. The number of alkyl halides is 3. The number of nitrogens with two attached hydrogens (primary N) is 1. The lowest BCUT2D eigenvalue weighted by Crippen LogP contribution is -2.44. The lowest BCUT2D eigenvalue weighted by Gasteiger charge is -2.33. The summed E-state index contributed by atoms with van der Waals surface area (Å²) in [5.41, 5.74) is 9.64. The van der Waals surface area contributed by atoms with E-state index in [1.54, 1.807) is 4.90 Å². The Morgan fingerprint density at radius 1 is 1.13 bits per heavy atom. The maximum atomic E-state index is 12.0. The number of morpholine rings is 1. The molecule has 1 aliphatic carbocycles. The van der Waals surface area contributed by atoms with Gasteiger partial charge in [-0.15, -0.1) is 0 Å². The van der Waals surface area contributed by atoms with Gasteiger partial charge in [0.2, 0.25) is 5.95 Å². The van der Waals surface area contributed by atoms with E-state index in [1.165, 1.54) is 0 Å². The van der Waals surface area contributed by atoms with Crippen LogP contribution in [-0.2, 0) is 22.6 Å². The number of nitrogens with one attached hydrogen (secondary N) is 2. The number of aromatic nitrogens is 2. The number of ether oxygens (including phenoxy) is 1. The summed E-state index contributed by atoms with van der Waals surface area (Å²) < 4.78 is 37.3. The fourth-order valence-electron chi connectivity index (χ4n) is 4.08. The van der Waals surface area contributed by atoms with Gasteiger partial charge in [-0.1, -0.05) is 12.1 Å². The van der Waals surface area contributed by atoms with Crippen LogP contribution in [0.1, 0.15) is 31.0 Å². The Morgan fingerprint density at radius 3 is 2.36 bits per heavy atom. The molecule has 2 aromatic rings. The molecule has 1 aromatic carbocycles. The van der Waals surface area contributed by atoms with Crippen LogP contribution in [0.25, 0.3) is 11.3 Å². The molecule has 0 bridgehead atoms. The molecule has 1 unspecified atom stereocenters. The molecule has 5 N–H and O–H groups in total. The quantitative estimate of drug-likeness (QED) is 0.451. The van der Waals surface area contributed by atoms with Crippen LogP contribution in [0, 0.1) is 0 Å². The fraction of sp³-hybridized carbons (Fsp3) is 0.458. The van der Waals surface area contributed by atoms with Crippen molar-refractivity contribution in [2.75, 3.05) is 30.0 Å². The molecule has 15 heteroatoms. The smallest absolute Gasteiger partial charge is 0.475 e. The highest BCUT2D eigenvalue weighted by Gasteiger charge is 2.38. The van der Waals surface area contributed by atoms with E-state index in [9.17, 15) is 22.8 Å². The number of anilines is 2. The number of hydrogen-bond acceptors (Lipinski definition) is 7. The first-order valence-corrected chi connectivity index (χ1v) is 12.2. The van der Waals surface area contributed by atoms with Crippen molar-refractivity contribution >= 4 is 29.7 Å². The van der Waals surface area contributed by atoms with Crippen molar-refractivity contribution in [1.29, 1.82) is 0 Å². The first-order chi connectivity index (χ1) is 18.4. The number of carbonyl (C=O) groups is 3. The molecule has 210 valence electrons. The molecule has 0 radical (unpaired) electrons. The minimum Gasteiger partial charge on any atom is -0.475 e. The first-order valence-electron chi connectivity index (χ1n) is 12.2. The molecule has 0 spiro atoms. The van der Waals surface area contributed by atoms with Gasteiger partial charge >= 0.3 is 24.2 Å². The molecular weight excluding hydrogens is 523 g/mol. The molecule has 1 saturated carbocycles. The summed E-state index contributed by atoms with van der Waals surface area (Å²) in [6.07, 6.45) is -3.00. The lowest BCUT2D eigenvalue weighted by molar-refractivity contribution is -0.192. The van der Waals surface area contributed by atoms with Crippen LogP contribution in [0.15, 0.2) is 24.3 Å². The van der Waals surface area contributed by atoms with Crippen LogP contribution < -0.4 is 21.3 Å². The maximum absolute atomic E-state index is 12.0. The Kier molecular flexibility index (Phi) is 8.09. The van der Waals surface area contributed by atoms with E-state index in [1.807, 2.05) is 24.3 Å². The minimum absolute atomic E-state index is 0.153. The number of urea groups is 2. The Morgan fingerprint density at radius 2 is 1.79 bits per heavy atom. The molecular formula is C24H28F3N7O5. The van der Waals surface area contributed by atoms with Gasteiger partial charge in [-0.3, -0.25) is 0 Å². The number of carbonyl (C=O) groups excluding carboxylic acids is 2. The van der Waals surface area contributed by atoms with Crippen molar-refractivity contribution in [2.24, 2.45) is 5.73 Å². The maximum Gasteiger partial charge on any atom is 0.490 e. The number of carboxylic acids is 1. The molecule has 1 atom stereocenters. The Hall–Kier alpha value is -4.14.